The van der Waals surface area contributed by atoms with Crippen molar-refractivity contribution in [2.24, 2.45) is 0 Å². The number of carbonyl (C=O) groups excluding carboxylic acids is 1. The summed E-state index contributed by atoms with van der Waals surface area (Å²) in [5.41, 5.74) is 5.47. The molecule has 9 heteroatoms. The molecule has 0 unspecified atom stereocenters. The zero-order valence-corrected chi connectivity index (χ0v) is 21.5. The third-order valence-electron chi connectivity index (χ3n) is 6.93. The van der Waals surface area contributed by atoms with Crippen molar-refractivity contribution in [2.75, 3.05) is 27.9 Å². The number of alkyl halides is 3. The number of hydrogen-bond donors (Lipinski definition) is 1. The van der Waals surface area contributed by atoms with Gasteiger partial charge in [0.05, 0.1) is 26.9 Å². The number of ether oxygens (including phenoxy) is 2. The minimum Gasteiger partial charge on any atom is -0.493 e. The molecule has 1 amide bonds. The number of halogens is 3. The molecule has 1 N–H and O–H groups in total. The summed E-state index contributed by atoms with van der Waals surface area (Å²) < 4.78 is 50.3. The van der Waals surface area contributed by atoms with Gasteiger partial charge in [0.2, 0.25) is 0 Å². The summed E-state index contributed by atoms with van der Waals surface area (Å²) in [6, 6.07) is 17.7. The standard InChI is InChI=1S/C29H31F3N2O4/c1-36-25-17-21-15-16-34(27(28(35)33-38-3)20-7-5-4-6-8-20)24(23(21)18-26(25)37-2)14-11-19-9-12-22(13-10-19)29(30,31)32/h4-10,12-13,17-18,24,27H,11,14-16H2,1-3H3,(H,33,35)/t24-,27+/m0/s1. The highest BCUT2D eigenvalue weighted by Gasteiger charge is 2.37. The molecular formula is C29H31F3N2O4. The number of amides is 1. The second kappa shape index (κ2) is 11.9. The Balaban J connectivity index is 1.74. The Hall–Kier alpha value is -3.56. The van der Waals surface area contributed by atoms with Crippen molar-refractivity contribution in [2.45, 2.75) is 37.5 Å². The summed E-state index contributed by atoms with van der Waals surface area (Å²) in [6.07, 6.45) is -2.63. The van der Waals surface area contributed by atoms with E-state index in [0.29, 0.717) is 37.3 Å². The van der Waals surface area contributed by atoms with E-state index in [1.54, 1.807) is 14.2 Å². The summed E-state index contributed by atoms with van der Waals surface area (Å²) in [5.74, 6) is 0.894. The second-order valence-electron chi connectivity index (χ2n) is 9.13. The third kappa shape index (κ3) is 5.95. The minimum atomic E-state index is -4.38. The van der Waals surface area contributed by atoms with Crippen molar-refractivity contribution in [3.05, 3.63) is 94.5 Å². The van der Waals surface area contributed by atoms with Crippen molar-refractivity contribution in [1.29, 1.82) is 0 Å². The van der Waals surface area contributed by atoms with Crippen LogP contribution in [0.15, 0.2) is 66.7 Å². The van der Waals surface area contributed by atoms with E-state index in [-0.39, 0.29) is 11.9 Å². The first-order valence-electron chi connectivity index (χ1n) is 12.3. The molecular weight excluding hydrogens is 497 g/mol. The van der Waals surface area contributed by atoms with Gasteiger partial charge in [0.15, 0.2) is 11.5 Å². The third-order valence-corrected chi connectivity index (χ3v) is 6.93. The van der Waals surface area contributed by atoms with Gasteiger partial charge in [-0.3, -0.25) is 14.5 Å². The fraction of sp³-hybridized carbons (Fsp3) is 0.345. The average molecular weight is 529 g/mol. The highest BCUT2D eigenvalue weighted by Crippen LogP contribution is 2.43. The van der Waals surface area contributed by atoms with E-state index in [9.17, 15) is 18.0 Å². The van der Waals surface area contributed by atoms with E-state index < -0.39 is 17.8 Å². The molecule has 0 aromatic heterocycles. The number of carbonyl (C=O) groups is 1. The minimum absolute atomic E-state index is 0.228. The SMILES string of the molecule is CONC(=O)[C@@H](c1ccccc1)N1CCc2cc(OC)c(OC)cc2[C@@H]1CCc1ccc(C(F)(F)F)cc1. The van der Waals surface area contributed by atoms with Gasteiger partial charge in [-0.05, 0) is 65.8 Å². The maximum Gasteiger partial charge on any atom is 0.416 e. The number of nitrogens with zero attached hydrogens (tertiary/aromatic N) is 1. The van der Waals surface area contributed by atoms with Crippen LogP contribution in [0.1, 0.15) is 46.3 Å². The number of rotatable bonds is 9. The van der Waals surface area contributed by atoms with Crippen LogP contribution in [0.25, 0.3) is 0 Å². The highest BCUT2D eigenvalue weighted by atomic mass is 19.4. The molecule has 0 radical (unpaired) electrons. The van der Waals surface area contributed by atoms with Crippen LogP contribution in [0.3, 0.4) is 0 Å². The van der Waals surface area contributed by atoms with Crippen molar-refractivity contribution in [3.63, 3.8) is 0 Å². The number of benzene rings is 3. The average Bonchev–Trinajstić information content (AvgIpc) is 2.92. The van der Waals surface area contributed by atoms with Crippen molar-refractivity contribution >= 4 is 5.91 Å². The number of nitrogens with one attached hydrogen (secondary N) is 1. The Bertz CT molecular complexity index is 1230. The zero-order valence-electron chi connectivity index (χ0n) is 21.5. The Labute approximate surface area is 220 Å². The maximum atomic E-state index is 13.3. The van der Waals surface area contributed by atoms with Crippen LogP contribution in [-0.4, -0.2) is 38.7 Å². The first-order chi connectivity index (χ1) is 18.3. The Morgan fingerprint density at radius 3 is 2.26 bits per heavy atom. The number of fused-ring (bicyclic) bond motifs is 1. The quantitative estimate of drug-likeness (QED) is 0.363. The van der Waals surface area contributed by atoms with Crippen LogP contribution in [0.2, 0.25) is 0 Å². The second-order valence-corrected chi connectivity index (χ2v) is 9.13. The van der Waals surface area contributed by atoms with E-state index in [2.05, 4.69) is 10.4 Å². The lowest BCUT2D eigenvalue weighted by Crippen LogP contribution is -2.45. The molecule has 0 fully saturated rings. The van der Waals surface area contributed by atoms with Gasteiger partial charge >= 0.3 is 6.18 Å². The molecule has 1 aliphatic rings. The molecule has 0 aliphatic carbocycles. The monoisotopic (exact) mass is 528 g/mol. The molecule has 4 rings (SSSR count). The summed E-state index contributed by atoms with van der Waals surface area (Å²) in [4.78, 5) is 20.4. The first-order valence-corrected chi connectivity index (χ1v) is 12.3. The van der Waals surface area contributed by atoms with Crippen LogP contribution >= 0.6 is 0 Å². The number of aryl methyl sites for hydroxylation is 1. The predicted octanol–water partition coefficient (Wildman–Crippen LogP) is 5.67. The van der Waals surface area contributed by atoms with Gasteiger partial charge in [-0.1, -0.05) is 42.5 Å². The van der Waals surface area contributed by atoms with E-state index >= 15 is 0 Å². The van der Waals surface area contributed by atoms with Crippen molar-refractivity contribution in [1.82, 2.24) is 10.4 Å². The predicted molar refractivity (Wildman–Crippen MR) is 137 cm³/mol. The van der Waals surface area contributed by atoms with Crippen LogP contribution in [0.4, 0.5) is 13.2 Å². The molecule has 3 aromatic carbocycles. The molecule has 1 heterocycles. The fourth-order valence-electron chi connectivity index (χ4n) is 5.13. The molecule has 0 saturated carbocycles. The summed E-state index contributed by atoms with van der Waals surface area (Å²) in [5, 5.41) is 0. The lowest BCUT2D eigenvalue weighted by atomic mass is 9.86. The van der Waals surface area contributed by atoms with E-state index in [4.69, 9.17) is 14.3 Å². The van der Waals surface area contributed by atoms with E-state index in [1.165, 1.54) is 19.2 Å². The molecule has 0 saturated heterocycles. The van der Waals surface area contributed by atoms with Gasteiger partial charge in [0, 0.05) is 12.6 Å². The number of methoxy groups -OCH3 is 2. The highest BCUT2D eigenvalue weighted by molar-refractivity contribution is 5.82. The van der Waals surface area contributed by atoms with E-state index in [0.717, 1.165) is 34.4 Å². The molecule has 2 atom stereocenters. The first kappa shape index (κ1) is 27.5. The van der Waals surface area contributed by atoms with Gasteiger partial charge in [0.25, 0.3) is 5.91 Å². The lowest BCUT2D eigenvalue weighted by molar-refractivity contribution is -0.139. The topological polar surface area (TPSA) is 60.0 Å². The summed E-state index contributed by atoms with van der Waals surface area (Å²) in [7, 11) is 4.55. The zero-order chi connectivity index (χ0) is 27.3. The number of hydrogen-bond acceptors (Lipinski definition) is 5. The molecule has 0 spiro atoms. The largest absolute Gasteiger partial charge is 0.493 e. The van der Waals surface area contributed by atoms with E-state index in [1.807, 2.05) is 42.5 Å². The Kier molecular flexibility index (Phi) is 8.58. The molecule has 6 nitrogen and oxygen atoms in total. The maximum absolute atomic E-state index is 13.3. The van der Waals surface area contributed by atoms with Gasteiger partial charge in [0.1, 0.15) is 6.04 Å². The fourth-order valence-corrected chi connectivity index (χ4v) is 5.13. The van der Waals surface area contributed by atoms with Crippen LogP contribution < -0.4 is 15.0 Å². The van der Waals surface area contributed by atoms with Gasteiger partial charge in [-0.15, -0.1) is 0 Å². The van der Waals surface area contributed by atoms with Gasteiger partial charge in [-0.25, -0.2) is 5.48 Å². The van der Waals surface area contributed by atoms with Gasteiger partial charge in [-0.2, -0.15) is 13.2 Å². The Morgan fingerprint density at radius 2 is 1.66 bits per heavy atom. The summed E-state index contributed by atoms with van der Waals surface area (Å²) in [6.45, 7) is 0.580. The summed E-state index contributed by atoms with van der Waals surface area (Å²) >= 11 is 0. The molecule has 1 aliphatic heterocycles. The molecule has 3 aromatic rings. The Morgan fingerprint density at radius 1 is 1.00 bits per heavy atom. The van der Waals surface area contributed by atoms with Crippen LogP contribution in [0.5, 0.6) is 11.5 Å². The van der Waals surface area contributed by atoms with Crippen molar-refractivity contribution in [3.8, 4) is 11.5 Å². The molecule has 0 bridgehead atoms. The van der Waals surface area contributed by atoms with Crippen LogP contribution in [0, 0.1) is 0 Å². The van der Waals surface area contributed by atoms with Crippen LogP contribution in [-0.2, 0) is 28.7 Å². The molecule has 202 valence electrons. The van der Waals surface area contributed by atoms with Gasteiger partial charge < -0.3 is 9.47 Å². The number of hydroxylamine groups is 1. The lowest BCUT2D eigenvalue weighted by Gasteiger charge is -2.42. The van der Waals surface area contributed by atoms with Crippen molar-refractivity contribution < 1.29 is 32.3 Å². The molecule has 38 heavy (non-hydrogen) atoms. The smallest absolute Gasteiger partial charge is 0.416 e. The normalized spacial score (nSPS) is 16.4.